The van der Waals surface area contributed by atoms with Gasteiger partial charge in [-0.15, -0.1) is 0 Å². The van der Waals surface area contributed by atoms with Gasteiger partial charge in [-0.2, -0.15) is 18.3 Å². The van der Waals surface area contributed by atoms with E-state index in [-0.39, 0.29) is 29.1 Å². The van der Waals surface area contributed by atoms with Crippen LogP contribution in [0.15, 0.2) is 70.2 Å². The maximum absolute atomic E-state index is 12.9. The fourth-order valence-electron chi connectivity index (χ4n) is 2.83. The van der Waals surface area contributed by atoms with Crippen molar-refractivity contribution in [1.29, 1.82) is 0 Å². The number of hydrogen-bond donors (Lipinski definition) is 1. The molecule has 0 unspecified atom stereocenters. The molecule has 5 nitrogen and oxygen atoms in total. The van der Waals surface area contributed by atoms with Crippen LogP contribution < -0.4 is 10.2 Å². The summed E-state index contributed by atoms with van der Waals surface area (Å²) in [6.07, 6.45) is -3.18. The monoisotopic (exact) mass is 444 g/mol. The van der Waals surface area contributed by atoms with Crippen molar-refractivity contribution in [3.05, 3.63) is 77.6 Å². The number of ether oxygens (including phenoxy) is 1. The second-order valence-electron chi connectivity index (χ2n) is 8.14. The molecular weight excluding hydrogens is 421 g/mol. The number of rotatable bonds is 6. The first-order valence-electron chi connectivity index (χ1n) is 9.85. The summed E-state index contributed by atoms with van der Waals surface area (Å²) in [6, 6.07) is 15.4. The van der Waals surface area contributed by atoms with E-state index in [9.17, 15) is 18.0 Å². The summed E-state index contributed by atoms with van der Waals surface area (Å²) in [6.45, 7) is 6.10. The third-order valence-electron chi connectivity index (χ3n) is 4.57. The molecule has 0 radical (unpaired) electrons. The average Bonchev–Trinajstić information content (AvgIpc) is 3.20. The molecule has 0 atom stereocenters. The van der Waals surface area contributed by atoms with Crippen molar-refractivity contribution >= 4 is 12.1 Å². The van der Waals surface area contributed by atoms with Gasteiger partial charge in [0, 0.05) is 5.56 Å². The summed E-state index contributed by atoms with van der Waals surface area (Å²) in [7, 11) is 0. The van der Waals surface area contributed by atoms with Crippen molar-refractivity contribution < 1.29 is 27.1 Å². The second kappa shape index (κ2) is 9.30. The van der Waals surface area contributed by atoms with Gasteiger partial charge in [-0.3, -0.25) is 4.79 Å². The van der Waals surface area contributed by atoms with Crippen LogP contribution in [0.5, 0.6) is 5.75 Å². The Morgan fingerprint density at radius 2 is 1.75 bits per heavy atom. The number of amides is 1. The molecule has 0 fully saturated rings. The Labute approximate surface area is 183 Å². The predicted molar refractivity (Wildman–Crippen MR) is 116 cm³/mol. The van der Waals surface area contributed by atoms with Gasteiger partial charge in [0.15, 0.2) is 6.61 Å². The van der Waals surface area contributed by atoms with E-state index in [1.807, 2.05) is 12.1 Å². The molecule has 8 heteroatoms. The summed E-state index contributed by atoms with van der Waals surface area (Å²) in [5.41, 5.74) is 3.02. The molecule has 168 valence electrons. The van der Waals surface area contributed by atoms with Crippen LogP contribution in [0.4, 0.5) is 13.2 Å². The maximum atomic E-state index is 12.9. The Morgan fingerprint density at radius 3 is 2.41 bits per heavy atom. The van der Waals surface area contributed by atoms with E-state index >= 15 is 0 Å². The fourth-order valence-corrected chi connectivity index (χ4v) is 2.83. The minimum atomic E-state index is -4.44. The lowest BCUT2D eigenvalue weighted by Crippen LogP contribution is -2.24. The van der Waals surface area contributed by atoms with E-state index < -0.39 is 17.6 Å². The number of nitrogens with one attached hydrogen (secondary N) is 1. The maximum Gasteiger partial charge on any atom is 0.416 e. The summed E-state index contributed by atoms with van der Waals surface area (Å²) in [5, 5.41) is 3.79. The highest BCUT2D eigenvalue weighted by molar-refractivity contribution is 5.81. The van der Waals surface area contributed by atoms with Crippen molar-refractivity contribution in [3.8, 4) is 17.1 Å². The highest BCUT2D eigenvalue weighted by atomic mass is 19.4. The Hall–Kier alpha value is -3.55. The minimum Gasteiger partial charge on any atom is -0.484 e. The van der Waals surface area contributed by atoms with Crippen LogP contribution in [0, 0.1) is 0 Å². The highest BCUT2D eigenvalue weighted by Crippen LogP contribution is 2.32. The van der Waals surface area contributed by atoms with Gasteiger partial charge in [-0.1, -0.05) is 45.0 Å². The third kappa shape index (κ3) is 6.23. The molecule has 1 aromatic heterocycles. The molecule has 0 saturated heterocycles. The van der Waals surface area contributed by atoms with E-state index in [4.69, 9.17) is 9.15 Å². The average molecular weight is 444 g/mol. The lowest BCUT2D eigenvalue weighted by molar-refractivity contribution is -0.137. The third-order valence-corrected chi connectivity index (χ3v) is 4.57. The number of benzene rings is 2. The number of hydrazone groups is 1. The molecule has 1 N–H and O–H groups in total. The Balaban J connectivity index is 1.52. The van der Waals surface area contributed by atoms with Crippen molar-refractivity contribution in [2.75, 3.05) is 6.61 Å². The van der Waals surface area contributed by atoms with Gasteiger partial charge in [-0.05, 0) is 47.4 Å². The first-order valence-corrected chi connectivity index (χ1v) is 9.85. The molecule has 2 aromatic carbocycles. The molecule has 32 heavy (non-hydrogen) atoms. The lowest BCUT2D eigenvalue weighted by Gasteiger charge is -2.19. The number of furan rings is 1. The molecule has 0 saturated carbocycles. The van der Waals surface area contributed by atoms with Gasteiger partial charge in [0.1, 0.15) is 17.3 Å². The largest absolute Gasteiger partial charge is 0.484 e. The molecule has 0 bridgehead atoms. The van der Waals surface area contributed by atoms with Crippen molar-refractivity contribution in [1.82, 2.24) is 5.43 Å². The van der Waals surface area contributed by atoms with Crippen molar-refractivity contribution in [3.63, 3.8) is 0 Å². The topological polar surface area (TPSA) is 63.8 Å². The number of halogens is 3. The molecule has 1 heterocycles. The van der Waals surface area contributed by atoms with Gasteiger partial charge >= 0.3 is 6.18 Å². The van der Waals surface area contributed by atoms with E-state index in [0.29, 0.717) is 5.75 Å². The summed E-state index contributed by atoms with van der Waals surface area (Å²) in [4.78, 5) is 11.9. The van der Waals surface area contributed by atoms with Gasteiger partial charge < -0.3 is 9.15 Å². The smallest absolute Gasteiger partial charge is 0.416 e. The van der Waals surface area contributed by atoms with Crippen LogP contribution in [0.3, 0.4) is 0 Å². The molecule has 0 aliphatic carbocycles. The first-order chi connectivity index (χ1) is 15.0. The zero-order valence-corrected chi connectivity index (χ0v) is 17.9. The van der Waals surface area contributed by atoms with Gasteiger partial charge in [0.25, 0.3) is 5.91 Å². The highest BCUT2D eigenvalue weighted by Gasteiger charge is 2.30. The molecular formula is C24H23F3N2O3. The Kier molecular flexibility index (Phi) is 6.72. The summed E-state index contributed by atoms with van der Waals surface area (Å²) >= 11 is 0. The summed E-state index contributed by atoms with van der Waals surface area (Å²) in [5.74, 6) is 0.627. The fraction of sp³-hybridized carbons (Fsp3) is 0.250. The normalized spacial score (nSPS) is 12.2. The molecule has 0 aliphatic heterocycles. The SMILES string of the molecule is CC(C)(C)c1ccc(OCC(=O)NN=Cc2ccc(-c3cccc(C(F)(F)F)c3)o2)cc1. The Bertz CT molecular complexity index is 1090. The predicted octanol–water partition coefficient (Wildman–Crippen LogP) is 5.79. The second-order valence-corrected chi connectivity index (χ2v) is 8.14. The standard InChI is InChI=1S/C24H23F3N2O3/c1-23(2,3)17-7-9-19(10-8-17)31-15-22(30)29-28-14-20-11-12-21(32-20)16-5-4-6-18(13-16)24(25,26)27/h4-14H,15H2,1-3H3,(H,29,30). The minimum absolute atomic E-state index is 0.0253. The van der Waals surface area contributed by atoms with E-state index in [1.165, 1.54) is 24.4 Å². The number of nitrogens with zero attached hydrogens (tertiary/aromatic N) is 1. The van der Waals surface area contributed by atoms with Crippen LogP contribution in [0.1, 0.15) is 37.7 Å². The molecule has 3 aromatic rings. The van der Waals surface area contributed by atoms with Crippen LogP contribution in [-0.2, 0) is 16.4 Å². The van der Waals surface area contributed by atoms with E-state index in [2.05, 4.69) is 31.3 Å². The van der Waals surface area contributed by atoms with Gasteiger partial charge in [0.2, 0.25) is 0 Å². The number of carbonyl (C=O) groups excluding carboxylic acids is 1. The number of hydrogen-bond acceptors (Lipinski definition) is 4. The molecule has 1 amide bonds. The van der Waals surface area contributed by atoms with Gasteiger partial charge in [0.05, 0.1) is 11.8 Å². The van der Waals surface area contributed by atoms with Crippen molar-refractivity contribution in [2.24, 2.45) is 5.10 Å². The van der Waals surface area contributed by atoms with E-state index in [1.54, 1.807) is 18.2 Å². The Morgan fingerprint density at radius 1 is 1.03 bits per heavy atom. The number of carbonyl (C=O) groups is 1. The van der Waals surface area contributed by atoms with Crippen molar-refractivity contribution in [2.45, 2.75) is 32.4 Å². The number of alkyl halides is 3. The quantitative estimate of drug-likeness (QED) is 0.387. The molecule has 0 spiro atoms. The van der Waals surface area contributed by atoms with Crippen LogP contribution in [0.2, 0.25) is 0 Å². The lowest BCUT2D eigenvalue weighted by atomic mass is 9.87. The van der Waals surface area contributed by atoms with Crippen LogP contribution in [-0.4, -0.2) is 18.7 Å². The van der Waals surface area contributed by atoms with Crippen LogP contribution >= 0.6 is 0 Å². The van der Waals surface area contributed by atoms with E-state index in [0.717, 1.165) is 17.7 Å². The molecule has 3 rings (SSSR count). The van der Waals surface area contributed by atoms with Gasteiger partial charge in [-0.25, -0.2) is 5.43 Å². The first kappa shape index (κ1) is 23.1. The zero-order valence-electron chi connectivity index (χ0n) is 17.9. The summed E-state index contributed by atoms with van der Waals surface area (Å²) < 4.78 is 49.5. The molecule has 0 aliphatic rings. The van der Waals surface area contributed by atoms with Crippen LogP contribution in [0.25, 0.3) is 11.3 Å². The zero-order chi connectivity index (χ0) is 23.4.